The molecule has 0 N–H and O–H groups in total. The second-order valence-electron chi connectivity index (χ2n) is 8.40. The molecule has 1 fully saturated rings. The SMILES string of the molecule is C[C@H](c1ccccc1)N1C(=S)N(c2ccc(C#N)c(Cl)c2)C(=O)[C@@H](Cc2ccc(Cl)cc2)[C@H]1C. The number of halogens is 2. The second kappa shape index (κ2) is 10.1. The standard InChI is InChI=1S/C27H23Cl2N3OS/c1-17(20-6-4-3-5-7-20)31-18(2)24(14-19-8-11-22(28)12-9-19)26(33)32(27(31)34)23-13-10-21(16-30)25(29)15-23/h3-13,15,17-18,24H,14H2,1-2H3/t17-,18-,24+/m1/s1. The third kappa shape index (κ3) is 4.67. The quantitative estimate of drug-likeness (QED) is 0.356. The highest BCUT2D eigenvalue weighted by atomic mass is 35.5. The minimum absolute atomic E-state index is 0.0547. The maximum Gasteiger partial charge on any atom is 0.238 e. The number of carbonyl (C=O) groups is 1. The molecular formula is C27H23Cl2N3OS. The summed E-state index contributed by atoms with van der Waals surface area (Å²) in [5.74, 6) is -0.446. The fourth-order valence-electron chi connectivity index (χ4n) is 4.46. The van der Waals surface area contributed by atoms with Crippen molar-refractivity contribution in [3.8, 4) is 6.07 Å². The van der Waals surface area contributed by atoms with Gasteiger partial charge in [-0.15, -0.1) is 0 Å². The average molecular weight is 508 g/mol. The first-order valence-electron chi connectivity index (χ1n) is 11.0. The van der Waals surface area contributed by atoms with Gasteiger partial charge < -0.3 is 4.90 Å². The van der Waals surface area contributed by atoms with Crippen LogP contribution in [0.1, 0.15) is 36.6 Å². The Morgan fingerprint density at radius 1 is 1.06 bits per heavy atom. The summed E-state index contributed by atoms with van der Waals surface area (Å²) in [6, 6.07) is 24.5. The molecule has 0 saturated carbocycles. The third-order valence-electron chi connectivity index (χ3n) is 6.37. The van der Waals surface area contributed by atoms with Crippen LogP contribution in [0, 0.1) is 17.2 Å². The summed E-state index contributed by atoms with van der Waals surface area (Å²) in [4.78, 5) is 17.5. The topological polar surface area (TPSA) is 47.3 Å². The summed E-state index contributed by atoms with van der Waals surface area (Å²) >= 11 is 18.3. The Balaban J connectivity index is 1.77. The summed E-state index contributed by atoms with van der Waals surface area (Å²) in [5, 5.41) is 10.6. The van der Waals surface area contributed by atoms with Crippen molar-refractivity contribution in [2.24, 2.45) is 5.92 Å². The molecule has 3 aromatic rings. The molecule has 0 unspecified atom stereocenters. The number of carbonyl (C=O) groups excluding carboxylic acids is 1. The zero-order valence-electron chi connectivity index (χ0n) is 18.8. The molecule has 4 rings (SSSR count). The molecular weight excluding hydrogens is 485 g/mol. The van der Waals surface area contributed by atoms with Gasteiger partial charge in [-0.1, -0.05) is 65.7 Å². The lowest BCUT2D eigenvalue weighted by Crippen LogP contribution is -2.62. The van der Waals surface area contributed by atoms with Gasteiger partial charge in [0.15, 0.2) is 5.11 Å². The largest absolute Gasteiger partial charge is 0.338 e. The number of anilines is 1. The van der Waals surface area contributed by atoms with Crippen LogP contribution < -0.4 is 4.90 Å². The third-order valence-corrected chi connectivity index (χ3v) is 7.33. The van der Waals surface area contributed by atoms with Crippen LogP contribution in [0.15, 0.2) is 72.8 Å². The second-order valence-corrected chi connectivity index (χ2v) is 9.61. The minimum atomic E-state index is -0.353. The number of nitrogens with zero attached hydrogens (tertiary/aromatic N) is 3. The molecule has 34 heavy (non-hydrogen) atoms. The van der Waals surface area contributed by atoms with Crippen LogP contribution in [0.5, 0.6) is 0 Å². The maximum absolute atomic E-state index is 13.9. The lowest BCUT2D eigenvalue weighted by atomic mass is 9.87. The number of hydrogen-bond acceptors (Lipinski definition) is 3. The lowest BCUT2D eigenvalue weighted by Gasteiger charge is -2.48. The van der Waals surface area contributed by atoms with Gasteiger partial charge in [0.05, 0.1) is 28.2 Å². The first-order chi connectivity index (χ1) is 16.3. The molecule has 0 spiro atoms. The van der Waals surface area contributed by atoms with Gasteiger partial charge in [-0.25, -0.2) is 0 Å². The van der Waals surface area contributed by atoms with Gasteiger partial charge in [0.1, 0.15) is 6.07 Å². The normalized spacial score (nSPS) is 19.1. The Morgan fingerprint density at radius 2 is 1.74 bits per heavy atom. The fourth-order valence-corrected chi connectivity index (χ4v) is 5.33. The zero-order chi connectivity index (χ0) is 24.4. The van der Waals surface area contributed by atoms with E-state index in [9.17, 15) is 10.1 Å². The number of rotatable bonds is 5. The van der Waals surface area contributed by atoms with Crippen LogP contribution in [-0.4, -0.2) is 22.0 Å². The van der Waals surface area contributed by atoms with Gasteiger partial charge in [-0.3, -0.25) is 9.69 Å². The van der Waals surface area contributed by atoms with Crippen molar-refractivity contribution in [2.75, 3.05) is 4.90 Å². The monoisotopic (exact) mass is 507 g/mol. The van der Waals surface area contributed by atoms with Crippen molar-refractivity contribution in [2.45, 2.75) is 32.4 Å². The van der Waals surface area contributed by atoms with Crippen LogP contribution >= 0.6 is 35.4 Å². The van der Waals surface area contributed by atoms with Gasteiger partial charge in [-0.05, 0) is 73.9 Å². The smallest absolute Gasteiger partial charge is 0.238 e. The molecule has 0 aromatic heterocycles. The van der Waals surface area contributed by atoms with Crippen molar-refractivity contribution >= 4 is 52.1 Å². The molecule has 0 bridgehead atoms. The van der Waals surface area contributed by atoms with Crippen LogP contribution in [0.4, 0.5) is 5.69 Å². The van der Waals surface area contributed by atoms with Gasteiger partial charge in [0.2, 0.25) is 5.91 Å². The Kier molecular flexibility index (Phi) is 7.23. The van der Waals surface area contributed by atoms with Crippen molar-refractivity contribution in [1.29, 1.82) is 5.26 Å². The number of nitriles is 1. The van der Waals surface area contributed by atoms with E-state index in [1.807, 2.05) is 49.4 Å². The summed E-state index contributed by atoms with van der Waals surface area (Å²) in [7, 11) is 0. The van der Waals surface area contributed by atoms with Crippen molar-refractivity contribution in [1.82, 2.24) is 4.90 Å². The predicted octanol–water partition coefficient (Wildman–Crippen LogP) is 6.81. The maximum atomic E-state index is 13.9. The molecule has 3 atom stereocenters. The molecule has 0 radical (unpaired) electrons. The van der Waals surface area contributed by atoms with Crippen LogP contribution in [-0.2, 0) is 11.2 Å². The number of hydrogen-bond donors (Lipinski definition) is 0. The van der Waals surface area contributed by atoms with Gasteiger partial charge >= 0.3 is 0 Å². The van der Waals surface area contributed by atoms with E-state index in [1.54, 1.807) is 23.1 Å². The summed E-state index contributed by atoms with van der Waals surface area (Å²) in [6.07, 6.45) is 0.540. The van der Waals surface area contributed by atoms with E-state index in [-0.39, 0.29) is 28.9 Å². The Labute approximate surface area is 215 Å². The highest BCUT2D eigenvalue weighted by molar-refractivity contribution is 7.80. The van der Waals surface area contributed by atoms with E-state index in [2.05, 4.69) is 30.0 Å². The van der Waals surface area contributed by atoms with Crippen molar-refractivity contribution < 1.29 is 4.79 Å². The molecule has 4 nitrogen and oxygen atoms in total. The molecule has 1 aliphatic heterocycles. The van der Waals surface area contributed by atoms with Crippen LogP contribution in [0.25, 0.3) is 0 Å². The highest BCUT2D eigenvalue weighted by Gasteiger charge is 2.44. The molecule has 1 heterocycles. The van der Waals surface area contributed by atoms with Gasteiger partial charge in [0.25, 0.3) is 0 Å². The minimum Gasteiger partial charge on any atom is -0.338 e. The molecule has 1 amide bonds. The summed E-state index contributed by atoms with van der Waals surface area (Å²) in [6.45, 7) is 4.14. The summed E-state index contributed by atoms with van der Waals surface area (Å²) < 4.78 is 0. The molecule has 0 aliphatic carbocycles. The lowest BCUT2D eigenvalue weighted by molar-refractivity contribution is -0.124. The Morgan fingerprint density at radius 3 is 2.35 bits per heavy atom. The van der Waals surface area contributed by atoms with E-state index in [1.165, 1.54) is 0 Å². The van der Waals surface area contributed by atoms with Crippen LogP contribution in [0.2, 0.25) is 10.0 Å². The van der Waals surface area contributed by atoms with E-state index >= 15 is 0 Å². The molecule has 1 aliphatic rings. The summed E-state index contributed by atoms with van der Waals surface area (Å²) in [5.41, 5.74) is 3.03. The number of amides is 1. The van der Waals surface area contributed by atoms with E-state index in [0.29, 0.717) is 27.8 Å². The number of benzene rings is 3. The van der Waals surface area contributed by atoms with E-state index in [0.717, 1.165) is 11.1 Å². The molecule has 172 valence electrons. The fraction of sp³-hybridized carbons (Fsp3) is 0.222. The number of thiocarbonyl (C=S) groups is 1. The first kappa shape index (κ1) is 24.2. The molecule has 1 saturated heterocycles. The Bertz CT molecular complexity index is 1260. The highest BCUT2D eigenvalue weighted by Crippen LogP contribution is 2.37. The zero-order valence-corrected chi connectivity index (χ0v) is 21.1. The molecule has 7 heteroatoms. The van der Waals surface area contributed by atoms with Crippen LogP contribution in [0.3, 0.4) is 0 Å². The van der Waals surface area contributed by atoms with E-state index in [4.69, 9.17) is 35.4 Å². The molecule has 3 aromatic carbocycles. The average Bonchev–Trinajstić information content (AvgIpc) is 2.83. The van der Waals surface area contributed by atoms with Gasteiger partial charge in [0, 0.05) is 11.1 Å². The first-order valence-corrected chi connectivity index (χ1v) is 12.1. The van der Waals surface area contributed by atoms with Crippen molar-refractivity contribution in [3.63, 3.8) is 0 Å². The van der Waals surface area contributed by atoms with Crippen molar-refractivity contribution in [3.05, 3.63) is 99.5 Å². The predicted molar refractivity (Wildman–Crippen MR) is 141 cm³/mol. The van der Waals surface area contributed by atoms with Gasteiger partial charge in [-0.2, -0.15) is 5.26 Å². The van der Waals surface area contributed by atoms with E-state index < -0.39 is 0 Å². The Hall–Kier alpha value is -2.91.